The predicted octanol–water partition coefficient (Wildman–Crippen LogP) is 4.86. The minimum absolute atomic E-state index is 0.147. The van der Waals surface area contributed by atoms with Crippen LogP contribution in [0, 0.1) is 6.92 Å². The van der Waals surface area contributed by atoms with Crippen molar-refractivity contribution in [2.45, 2.75) is 17.6 Å². The Kier molecular flexibility index (Phi) is 5.35. The van der Waals surface area contributed by atoms with Gasteiger partial charge in [0.2, 0.25) is 5.89 Å². The highest BCUT2D eigenvalue weighted by Gasteiger charge is 2.24. The van der Waals surface area contributed by atoms with E-state index in [2.05, 4.69) is 15.2 Å². The summed E-state index contributed by atoms with van der Waals surface area (Å²) in [6.07, 6.45) is 0. The van der Waals surface area contributed by atoms with E-state index in [0.29, 0.717) is 5.52 Å². The monoisotopic (exact) mass is 475 g/mol. The molecule has 0 unspecified atom stereocenters. The number of hydrogen-bond acceptors (Lipinski definition) is 8. The van der Waals surface area contributed by atoms with E-state index in [1.807, 2.05) is 55.5 Å². The van der Waals surface area contributed by atoms with Crippen molar-refractivity contribution in [3.05, 3.63) is 95.1 Å². The summed E-state index contributed by atoms with van der Waals surface area (Å²) in [4.78, 5) is 17.4. The zero-order valence-corrected chi connectivity index (χ0v) is 19.1. The summed E-state index contributed by atoms with van der Waals surface area (Å²) < 4.78 is 31.4. The normalized spacial score (nSPS) is 11.7. The van der Waals surface area contributed by atoms with E-state index in [4.69, 9.17) is 4.42 Å². The highest BCUT2D eigenvalue weighted by atomic mass is 32.2. The largest absolute Gasteiger partial charge is 0.417 e. The molecule has 9 heteroatoms. The Morgan fingerprint density at radius 2 is 1.70 bits per heavy atom. The molecular formula is C24H17N3O4S2. The van der Waals surface area contributed by atoms with E-state index in [1.165, 1.54) is 23.5 Å². The zero-order valence-electron chi connectivity index (χ0n) is 17.4. The lowest BCUT2D eigenvalue weighted by Gasteiger charge is -2.01. The van der Waals surface area contributed by atoms with E-state index < -0.39 is 21.4 Å². The first-order valence-electron chi connectivity index (χ1n) is 10.0. The molecule has 0 amide bonds. The van der Waals surface area contributed by atoms with Crippen LogP contribution in [0.1, 0.15) is 27.1 Å². The molecule has 0 saturated heterocycles. The lowest BCUT2D eigenvalue weighted by Crippen LogP contribution is -2.05. The number of nitrogens with zero attached hydrogens (tertiary/aromatic N) is 3. The smallest absolute Gasteiger partial charge is 0.291 e. The van der Waals surface area contributed by atoms with Crippen LogP contribution in [0.25, 0.3) is 21.3 Å². The van der Waals surface area contributed by atoms with Crippen molar-refractivity contribution in [1.82, 2.24) is 15.2 Å². The number of fused-ring (bicyclic) bond motifs is 1. The molecule has 0 aliphatic rings. The van der Waals surface area contributed by atoms with Gasteiger partial charge in [0.1, 0.15) is 5.75 Å². The van der Waals surface area contributed by atoms with Gasteiger partial charge in [0.05, 0.1) is 15.1 Å². The molecule has 0 N–H and O–H groups in total. The first-order chi connectivity index (χ1) is 15.9. The van der Waals surface area contributed by atoms with Gasteiger partial charge in [0, 0.05) is 0 Å². The van der Waals surface area contributed by atoms with E-state index in [9.17, 15) is 13.2 Å². The van der Waals surface area contributed by atoms with Gasteiger partial charge in [-0.05, 0) is 42.3 Å². The first kappa shape index (κ1) is 21.2. The summed E-state index contributed by atoms with van der Waals surface area (Å²) >= 11 is 1.22. The Morgan fingerprint density at radius 3 is 2.45 bits per heavy atom. The molecule has 7 nitrogen and oxygen atoms in total. The Hall–Kier alpha value is -3.69. The van der Waals surface area contributed by atoms with Gasteiger partial charge in [0.15, 0.2) is 14.8 Å². The zero-order chi connectivity index (χ0) is 23.0. The Morgan fingerprint density at radius 1 is 0.939 bits per heavy atom. The highest BCUT2D eigenvalue weighted by molar-refractivity contribution is 7.90. The molecular weight excluding hydrogens is 458 g/mol. The second kappa shape index (κ2) is 8.34. The standard InChI is InChI=1S/C24H17N3O4S2/c1-15-7-10-18(11-8-15)33(29,30)14-21-26-27-23(31-21)22(28)24-25-19-12-9-17(13-20(19)32-24)16-5-3-2-4-6-16/h2-13H,14H2,1H3. The molecule has 0 atom stereocenters. The molecule has 5 aromatic rings. The van der Waals surface area contributed by atoms with Crippen LogP contribution in [-0.2, 0) is 15.6 Å². The van der Waals surface area contributed by atoms with Gasteiger partial charge >= 0.3 is 0 Å². The number of carbonyl (C=O) groups excluding carboxylic acids is 1. The van der Waals surface area contributed by atoms with Crippen molar-refractivity contribution >= 4 is 37.2 Å². The average molecular weight is 476 g/mol. The summed E-state index contributed by atoms with van der Waals surface area (Å²) in [5.41, 5.74) is 3.72. The lowest BCUT2D eigenvalue weighted by atomic mass is 10.1. The van der Waals surface area contributed by atoms with Crippen LogP contribution in [0.3, 0.4) is 0 Å². The fourth-order valence-electron chi connectivity index (χ4n) is 3.32. The molecule has 0 bridgehead atoms. The van der Waals surface area contributed by atoms with Crippen molar-refractivity contribution in [1.29, 1.82) is 0 Å². The lowest BCUT2D eigenvalue weighted by molar-refractivity contribution is 0.100. The number of aromatic nitrogens is 3. The van der Waals surface area contributed by atoms with Crippen molar-refractivity contribution in [2.75, 3.05) is 0 Å². The number of carbonyl (C=O) groups is 1. The quantitative estimate of drug-likeness (QED) is 0.323. The third-order valence-corrected chi connectivity index (χ3v) is 7.68. The van der Waals surface area contributed by atoms with Crippen molar-refractivity contribution < 1.29 is 17.6 Å². The maximum absolute atomic E-state index is 12.9. The fraction of sp³-hybridized carbons (Fsp3) is 0.0833. The third kappa shape index (κ3) is 4.33. The van der Waals surface area contributed by atoms with Crippen molar-refractivity contribution in [3.8, 4) is 11.1 Å². The maximum atomic E-state index is 12.9. The van der Waals surface area contributed by atoms with Crippen LogP contribution in [0.15, 0.2) is 82.1 Å². The fourth-order valence-corrected chi connectivity index (χ4v) is 5.41. The number of rotatable bonds is 6. The molecule has 33 heavy (non-hydrogen) atoms. The minimum atomic E-state index is -3.68. The van der Waals surface area contributed by atoms with Crippen LogP contribution in [0.2, 0.25) is 0 Å². The van der Waals surface area contributed by atoms with Crippen LogP contribution >= 0.6 is 11.3 Å². The molecule has 0 radical (unpaired) electrons. The van der Waals surface area contributed by atoms with E-state index in [0.717, 1.165) is 21.4 Å². The van der Waals surface area contributed by atoms with Crippen molar-refractivity contribution in [3.63, 3.8) is 0 Å². The average Bonchev–Trinajstić information content (AvgIpc) is 3.45. The molecule has 2 heterocycles. The van der Waals surface area contributed by atoms with Crippen LogP contribution < -0.4 is 0 Å². The SMILES string of the molecule is Cc1ccc(S(=O)(=O)Cc2nnc(C(=O)c3nc4ccc(-c5ccccc5)cc4s3)o2)cc1. The van der Waals surface area contributed by atoms with Gasteiger partial charge < -0.3 is 4.42 Å². The Bertz CT molecular complexity index is 1570. The number of sulfone groups is 1. The predicted molar refractivity (Wildman–Crippen MR) is 125 cm³/mol. The Balaban J connectivity index is 1.38. The molecule has 3 aromatic carbocycles. The number of benzene rings is 3. The van der Waals surface area contributed by atoms with Gasteiger partial charge in [0.25, 0.3) is 11.7 Å². The maximum Gasteiger partial charge on any atom is 0.291 e. The first-order valence-corrected chi connectivity index (χ1v) is 12.5. The second-order valence-corrected chi connectivity index (χ2v) is 10.5. The Labute approximate surface area is 193 Å². The van der Waals surface area contributed by atoms with Gasteiger partial charge in [-0.2, -0.15) is 0 Å². The van der Waals surface area contributed by atoms with E-state index in [-0.39, 0.29) is 21.7 Å². The minimum Gasteiger partial charge on any atom is -0.417 e. The van der Waals surface area contributed by atoms with Gasteiger partial charge in [-0.3, -0.25) is 4.79 Å². The molecule has 0 aliphatic heterocycles. The van der Waals surface area contributed by atoms with Crippen molar-refractivity contribution in [2.24, 2.45) is 0 Å². The van der Waals surface area contributed by atoms with E-state index >= 15 is 0 Å². The summed E-state index contributed by atoms with van der Waals surface area (Å²) in [6.45, 7) is 1.87. The third-order valence-electron chi connectivity index (χ3n) is 5.04. The molecule has 5 rings (SSSR count). The van der Waals surface area contributed by atoms with E-state index in [1.54, 1.807) is 12.1 Å². The molecule has 0 aliphatic carbocycles. The highest BCUT2D eigenvalue weighted by Crippen LogP contribution is 2.29. The number of ketones is 1. The number of aryl methyl sites for hydroxylation is 1. The van der Waals surface area contributed by atoms with Crippen LogP contribution in [0.5, 0.6) is 0 Å². The summed E-state index contributed by atoms with van der Waals surface area (Å²) in [5.74, 6) is -1.46. The van der Waals surface area contributed by atoms with Gasteiger partial charge in [-0.1, -0.05) is 54.1 Å². The van der Waals surface area contributed by atoms with Crippen LogP contribution in [0.4, 0.5) is 0 Å². The summed E-state index contributed by atoms with van der Waals surface area (Å²) in [7, 11) is -3.68. The second-order valence-electron chi connectivity index (χ2n) is 7.47. The summed E-state index contributed by atoms with van der Waals surface area (Å²) in [5, 5.41) is 7.72. The molecule has 164 valence electrons. The topological polar surface area (TPSA) is 103 Å². The van der Waals surface area contributed by atoms with Gasteiger partial charge in [-0.25, -0.2) is 13.4 Å². The number of thiazole rings is 1. The van der Waals surface area contributed by atoms with Crippen LogP contribution in [-0.4, -0.2) is 29.4 Å². The summed E-state index contributed by atoms with van der Waals surface area (Å²) in [6, 6.07) is 22.2. The van der Waals surface area contributed by atoms with Gasteiger partial charge in [-0.15, -0.1) is 21.5 Å². The number of hydrogen-bond donors (Lipinski definition) is 0. The molecule has 0 spiro atoms. The molecule has 0 saturated carbocycles. The molecule has 2 aromatic heterocycles. The molecule has 0 fully saturated rings.